The SMILES string of the molecule is CC(F)COc1cc(CNC(=O)NC2CC(C(F)(F)F)C2)ccn1. The molecule has 1 fully saturated rings. The van der Waals surface area contributed by atoms with E-state index in [-0.39, 0.29) is 31.9 Å². The molecule has 2 N–H and O–H groups in total. The van der Waals surface area contributed by atoms with Crippen LogP contribution in [0.4, 0.5) is 22.4 Å². The second-order valence-corrected chi connectivity index (χ2v) is 5.83. The van der Waals surface area contributed by atoms with E-state index in [9.17, 15) is 22.4 Å². The Balaban J connectivity index is 1.71. The fraction of sp³-hybridized carbons (Fsp3) is 0.600. The van der Waals surface area contributed by atoms with Crippen molar-refractivity contribution in [3.05, 3.63) is 23.9 Å². The van der Waals surface area contributed by atoms with E-state index in [1.54, 1.807) is 12.1 Å². The molecule has 0 spiro atoms. The van der Waals surface area contributed by atoms with E-state index in [1.165, 1.54) is 13.1 Å². The monoisotopic (exact) mass is 349 g/mol. The Hall–Kier alpha value is -2.06. The first-order chi connectivity index (χ1) is 11.2. The van der Waals surface area contributed by atoms with Gasteiger partial charge in [0.25, 0.3) is 0 Å². The molecule has 5 nitrogen and oxygen atoms in total. The lowest BCUT2D eigenvalue weighted by molar-refractivity contribution is -0.198. The maximum absolute atomic E-state index is 12.7. The molecule has 1 saturated carbocycles. The molecular weight excluding hydrogens is 330 g/mol. The quantitative estimate of drug-likeness (QED) is 0.776. The largest absolute Gasteiger partial charge is 0.475 e. The Bertz CT molecular complexity index is 560. The molecule has 134 valence electrons. The molecule has 24 heavy (non-hydrogen) atoms. The number of alkyl halides is 4. The lowest BCUT2D eigenvalue weighted by Crippen LogP contribution is -2.51. The first-order valence-electron chi connectivity index (χ1n) is 7.57. The number of carbonyl (C=O) groups excluding carboxylic acids is 1. The van der Waals surface area contributed by atoms with Crippen molar-refractivity contribution in [1.82, 2.24) is 15.6 Å². The van der Waals surface area contributed by atoms with Gasteiger partial charge >= 0.3 is 12.2 Å². The highest BCUT2D eigenvalue weighted by atomic mass is 19.4. The summed E-state index contributed by atoms with van der Waals surface area (Å²) >= 11 is 0. The van der Waals surface area contributed by atoms with Gasteiger partial charge in [0.2, 0.25) is 5.88 Å². The zero-order valence-electron chi connectivity index (χ0n) is 13.1. The van der Waals surface area contributed by atoms with Crippen LogP contribution in [0.3, 0.4) is 0 Å². The lowest BCUT2D eigenvalue weighted by Gasteiger charge is -2.36. The molecule has 0 aliphatic heterocycles. The van der Waals surface area contributed by atoms with E-state index < -0.39 is 30.3 Å². The zero-order chi connectivity index (χ0) is 17.7. The van der Waals surface area contributed by atoms with Crippen LogP contribution in [-0.4, -0.2) is 36.0 Å². The summed E-state index contributed by atoms with van der Waals surface area (Å²) in [6.45, 7) is 1.40. The molecule has 1 aromatic rings. The molecule has 1 atom stereocenters. The number of urea groups is 1. The molecule has 1 aromatic heterocycles. The van der Waals surface area contributed by atoms with Gasteiger partial charge in [0.1, 0.15) is 12.8 Å². The van der Waals surface area contributed by atoms with E-state index in [4.69, 9.17) is 4.74 Å². The number of pyridine rings is 1. The van der Waals surface area contributed by atoms with E-state index in [0.717, 1.165) is 0 Å². The number of halogens is 4. The molecule has 0 radical (unpaired) electrons. The standard InChI is InChI=1S/C15H19F4N3O2/c1-9(16)8-24-13-4-10(2-3-20-13)7-21-14(23)22-12-5-11(6-12)15(17,18)19/h2-4,9,11-12H,5-8H2,1H3,(H2,21,22,23). The van der Waals surface area contributed by atoms with Gasteiger partial charge in [-0.25, -0.2) is 14.2 Å². The van der Waals surface area contributed by atoms with Crippen molar-refractivity contribution in [3.8, 4) is 5.88 Å². The number of aromatic nitrogens is 1. The summed E-state index contributed by atoms with van der Waals surface area (Å²) in [6.07, 6.45) is -4.04. The highest BCUT2D eigenvalue weighted by Crippen LogP contribution is 2.40. The first kappa shape index (κ1) is 18.3. The first-order valence-corrected chi connectivity index (χ1v) is 7.57. The van der Waals surface area contributed by atoms with Crippen molar-refractivity contribution in [2.75, 3.05) is 6.61 Å². The predicted octanol–water partition coefficient (Wildman–Crippen LogP) is 2.96. The van der Waals surface area contributed by atoms with Gasteiger partial charge in [0.05, 0.1) is 5.92 Å². The number of nitrogens with zero attached hydrogens (tertiary/aromatic N) is 1. The summed E-state index contributed by atoms with van der Waals surface area (Å²) in [5.74, 6) is -1.09. The molecule has 2 amide bonds. The minimum Gasteiger partial charge on any atom is -0.475 e. The molecule has 1 unspecified atom stereocenters. The summed E-state index contributed by atoms with van der Waals surface area (Å²) in [5, 5.41) is 5.05. The summed E-state index contributed by atoms with van der Waals surface area (Å²) in [6, 6.07) is 2.22. The van der Waals surface area contributed by atoms with Crippen molar-refractivity contribution < 1.29 is 27.1 Å². The Morgan fingerprint density at radius 1 is 1.46 bits per heavy atom. The number of hydrogen-bond donors (Lipinski definition) is 2. The van der Waals surface area contributed by atoms with Crippen molar-refractivity contribution in [2.45, 2.75) is 44.7 Å². The third-order valence-electron chi connectivity index (χ3n) is 3.65. The summed E-state index contributed by atoms with van der Waals surface area (Å²) < 4.78 is 54.9. The third kappa shape index (κ3) is 5.54. The van der Waals surface area contributed by atoms with E-state index in [2.05, 4.69) is 15.6 Å². The zero-order valence-corrected chi connectivity index (χ0v) is 13.1. The Morgan fingerprint density at radius 3 is 2.79 bits per heavy atom. The van der Waals surface area contributed by atoms with Crippen LogP contribution in [-0.2, 0) is 6.54 Å². The van der Waals surface area contributed by atoms with Gasteiger partial charge in [-0.1, -0.05) is 0 Å². The van der Waals surface area contributed by atoms with Gasteiger partial charge in [-0.3, -0.25) is 0 Å². The second-order valence-electron chi connectivity index (χ2n) is 5.83. The number of ether oxygens (including phenoxy) is 1. The molecule has 1 aliphatic carbocycles. The van der Waals surface area contributed by atoms with Gasteiger partial charge in [-0.15, -0.1) is 0 Å². The second kappa shape index (κ2) is 7.67. The van der Waals surface area contributed by atoms with Crippen LogP contribution in [0.15, 0.2) is 18.3 Å². The summed E-state index contributed by atoms with van der Waals surface area (Å²) in [7, 11) is 0. The molecule has 2 rings (SSSR count). The maximum atomic E-state index is 12.7. The Kier molecular flexibility index (Phi) is 5.84. The number of carbonyl (C=O) groups is 1. The fourth-order valence-electron chi connectivity index (χ4n) is 2.26. The summed E-state index contributed by atoms with van der Waals surface area (Å²) in [4.78, 5) is 15.6. The van der Waals surface area contributed by atoms with Crippen molar-refractivity contribution in [1.29, 1.82) is 0 Å². The molecular formula is C15H19F4N3O2. The van der Waals surface area contributed by atoms with Crippen LogP contribution < -0.4 is 15.4 Å². The van der Waals surface area contributed by atoms with Crippen molar-refractivity contribution >= 4 is 6.03 Å². The van der Waals surface area contributed by atoms with Gasteiger partial charge in [-0.05, 0) is 31.4 Å². The van der Waals surface area contributed by atoms with Crippen LogP contribution in [0.25, 0.3) is 0 Å². The normalized spacial score (nSPS) is 21.5. The smallest absolute Gasteiger partial charge is 0.391 e. The Labute approximate surface area is 136 Å². The van der Waals surface area contributed by atoms with E-state index in [1.807, 2.05) is 0 Å². The molecule has 0 bridgehead atoms. The minimum atomic E-state index is -4.20. The average molecular weight is 349 g/mol. The van der Waals surface area contributed by atoms with Gasteiger partial charge in [0.15, 0.2) is 0 Å². The molecule has 9 heteroatoms. The van der Waals surface area contributed by atoms with Crippen LogP contribution in [0.2, 0.25) is 0 Å². The summed E-state index contributed by atoms with van der Waals surface area (Å²) in [5.41, 5.74) is 0.684. The number of amides is 2. The highest BCUT2D eigenvalue weighted by molar-refractivity contribution is 5.74. The van der Waals surface area contributed by atoms with Crippen molar-refractivity contribution in [2.24, 2.45) is 5.92 Å². The van der Waals surface area contributed by atoms with Crippen LogP contribution in [0.5, 0.6) is 5.88 Å². The predicted molar refractivity (Wildman–Crippen MR) is 78.2 cm³/mol. The van der Waals surface area contributed by atoms with E-state index >= 15 is 0 Å². The molecule has 1 heterocycles. The molecule has 0 aromatic carbocycles. The maximum Gasteiger partial charge on any atom is 0.391 e. The average Bonchev–Trinajstić information content (AvgIpc) is 2.45. The third-order valence-corrected chi connectivity index (χ3v) is 3.65. The van der Waals surface area contributed by atoms with Crippen molar-refractivity contribution in [3.63, 3.8) is 0 Å². The fourth-order valence-corrected chi connectivity index (χ4v) is 2.26. The van der Waals surface area contributed by atoms with Crippen LogP contribution >= 0.6 is 0 Å². The number of nitrogens with one attached hydrogen (secondary N) is 2. The van der Waals surface area contributed by atoms with Crippen LogP contribution in [0.1, 0.15) is 25.3 Å². The molecule has 1 aliphatic rings. The number of hydrogen-bond acceptors (Lipinski definition) is 3. The van der Waals surface area contributed by atoms with E-state index in [0.29, 0.717) is 5.56 Å². The minimum absolute atomic E-state index is 0.0917. The highest BCUT2D eigenvalue weighted by Gasteiger charge is 2.48. The van der Waals surface area contributed by atoms with Gasteiger partial charge in [-0.2, -0.15) is 13.2 Å². The Morgan fingerprint density at radius 2 is 2.17 bits per heavy atom. The number of rotatable bonds is 6. The topological polar surface area (TPSA) is 63.2 Å². The van der Waals surface area contributed by atoms with Crippen LogP contribution in [0, 0.1) is 5.92 Å². The van der Waals surface area contributed by atoms with Gasteiger partial charge in [0, 0.05) is 24.8 Å². The molecule has 0 saturated heterocycles. The lowest BCUT2D eigenvalue weighted by atomic mass is 9.80. The van der Waals surface area contributed by atoms with Gasteiger partial charge < -0.3 is 15.4 Å².